The lowest BCUT2D eigenvalue weighted by Crippen LogP contribution is -2.43. The molecule has 0 saturated heterocycles. The molecule has 2 N–H and O–H groups in total. The molecule has 0 radical (unpaired) electrons. The van der Waals surface area contributed by atoms with Gasteiger partial charge in [-0.1, -0.05) is 27.7 Å². The number of hydrogen-bond acceptors (Lipinski definition) is 2. The van der Waals surface area contributed by atoms with Crippen molar-refractivity contribution in [3.63, 3.8) is 0 Å². The Bertz CT molecular complexity index is 260. The van der Waals surface area contributed by atoms with Crippen LogP contribution < -0.4 is 0 Å². The Morgan fingerprint density at radius 2 is 1.69 bits per heavy atom. The molecule has 4 heteroatoms. The molecule has 0 saturated carbocycles. The smallest absolute Gasteiger partial charge is 0.310 e. The molecule has 94 valence electrons. The molecule has 0 spiro atoms. The molecule has 0 rings (SSSR count). The second kappa shape index (κ2) is 5.87. The van der Waals surface area contributed by atoms with Gasteiger partial charge in [0.15, 0.2) is 0 Å². The third-order valence-corrected chi connectivity index (χ3v) is 3.20. The van der Waals surface area contributed by atoms with E-state index in [9.17, 15) is 14.7 Å². The van der Waals surface area contributed by atoms with Crippen LogP contribution in [0, 0.1) is 17.3 Å². The molecule has 0 aromatic heterocycles. The number of carboxylic acid groups (broad SMARTS) is 2. The van der Waals surface area contributed by atoms with Crippen LogP contribution in [0.5, 0.6) is 0 Å². The van der Waals surface area contributed by atoms with Crippen LogP contribution in [-0.2, 0) is 9.59 Å². The fourth-order valence-electron chi connectivity index (χ4n) is 2.45. The van der Waals surface area contributed by atoms with E-state index in [2.05, 4.69) is 0 Å². The molecule has 0 aromatic carbocycles. The Morgan fingerprint density at radius 1 is 1.19 bits per heavy atom. The SMILES string of the molecule is CCC(C(=O)O)[C@](CC)(CC(C)C)C(=O)O. The molecular formula is C12H22O4. The van der Waals surface area contributed by atoms with Crippen molar-refractivity contribution >= 4 is 11.9 Å². The largest absolute Gasteiger partial charge is 0.481 e. The van der Waals surface area contributed by atoms with Gasteiger partial charge in [0.05, 0.1) is 11.3 Å². The lowest BCUT2D eigenvalue weighted by Gasteiger charge is -2.34. The monoisotopic (exact) mass is 230 g/mol. The molecule has 0 aliphatic carbocycles. The van der Waals surface area contributed by atoms with Crippen LogP contribution >= 0.6 is 0 Å². The molecular weight excluding hydrogens is 208 g/mol. The lowest BCUT2D eigenvalue weighted by molar-refractivity contribution is -0.164. The molecule has 0 aromatic rings. The summed E-state index contributed by atoms with van der Waals surface area (Å²) >= 11 is 0. The van der Waals surface area contributed by atoms with E-state index in [-0.39, 0.29) is 5.92 Å². The summed E-state index contributed by atoms with van der Waals surface area (Å²) in [5.74, 6) is -2.63. The van der Waals surface area contributed by atoms with Gasteiger partial charge >= 0.3 is 11.9 Å². The quantitative estimate of drug-likeness (QED) is 0.705. The van der Waals surface area contributed by atoms with E-state index in [0.29, 0.717) is 19.3 Å². The fourth-order valence-corrected chi connectivity index (χ4v) is 2.45. The summed E-state index contributed by atoms with van der Waals surface area (Å²) in [6, 6.07) is 0. The van der Waals surface area contributed by atoms with E-state index in [1.54, 1.807) is 13.8 Å². The first-order valence-electron chi connectivity index (χ1n) is 5.78. The van der Waals surface area contributed by atoms with E-state index in [1.165, 1.54) is 0 Å². The van der Waals surface area contributed by atoms with Crippen molar-refractivity contribution in [3.8, 4) is 0 Å². The van der Waals surface area contributed by atoms with Crippen molar-refractivity contribution in [3.05, 3.63) is 0 Å². The second-order valence-electron chi connectivity index (χ2n) is 4.71. The maximum Gasteiger partial charge on any atom is 0.310 e. The Balaban J connectivity index is 5.31. The summed E-state index contributed by atoms with van der Waals surface area (Å²) in [6.45, 7) is 7.32. The van der Waals surface area contributed by atoms with Crippen LogP contribution in [0.25, 0.3) is 0 Å². The molecule has 4 nitrogen and oxygen atoms in total. The van der Waals surface area contributed by atoms with Crippen molar-refractivity contribution in [2.24, 2.45) is 17.3 Å². The highest BCUT2D eigenvalue weighted by molar-refractivity contribution is 5.83. The van der Waals surface area contributed by atoms with Gasteiger partial charge < -0.3 is 10.2 Å². The maximum atomic E-state index is 11.4. The fraction of sp³-hybridized carbons (Fsp3) is 0.833. The molecule has 0 heterocycles. The van der Waals surface area contributed by atoms with Crippen molar-refractivity contribution in [2.45, 2.75) is 47.0 Å². The number of aliphatic carboxylic acids is 2. The highest BCUT2D eigenvalue weighted by Gasteiger charge is 2.47. The third kappa shape index (κ3) is 2.97. The Morgan fingerprint density at radius 3 is 1.88 bits per heavy atom. The summed E-state index contributed by atoms with van der Waals surface area (Å²) in [4.78, 5) is 22.6. The van der Waals surface area contributed by atoms with Crippen molar-refractivity contribution < 1.29 is 19.8 Å². The summed E-state index contributed by atoms with van der Waals surface area (Å²) < 4.78 is 0. The molecule has 16 heavy (non-hydrogen) atoms. The summed E-state index contributed by atoms with van der Waals surface area (Å²) in [5, 5.41) is 18.5. The highest BCUT2D eigenvalue weighted by atomic mass is 16.4. The minimum absolute atomic E-state index is 0.171. The third-order valence-electron chi connectivity index (χ3n) is 3.20. The van der Waals surface area contributed by atoms with E-state index in [0.717, 1.165) is 0 Å². The van der Waals surface area contributed by atoms with Crippen LogP contribution in [0.4, 0.5) is 0 Å². The molecule has 1 unspecified atom stereocenters. The van der Waals surface area contributed by atoms with Gasteiger partial charge in [-0.15, -0.1) is 0 Å². The maximum absolute atomic E-state index is 11.4. The zero-order valence-corrected chi connectivity index (χ0v) is 10.5. The van der Waals surface area contributed by atoms with Gasteiger partial charge in [0.25, 0.3) is 0 Å². The van der Waals surface area contributed by atoms with E-state index in [1.807, 2.05) is 13.8 Å². The van der Waals surface area contributed by atoms with Crippen molar-refractivity contribution in [2.75, 3.05) is 0 Å². The number of rotatable bonds is 7. The summed E-state index contributed by atoms with van der Waals surface area (Å²) in [6.07, 6.45) is 1.11. The van der Waals surface area contributed by atoms with Crippen molar-refractivity contribution in [1.29, 1.82) is 0 Å². The summed E-state index contributed by atoms with van der Waals surface area (Å²) in [5.41, 5.74) is -1.13. The molecule has 0 fully saturated rings. The zero-order chi connectivity index (χ0) is 12.9. The van der Waals surface area contributed by atoms with Crippen molar-refractivity contribution in [1.82, 2.24) is 0 Å². The minimum Gasteiger partial charge on any atom is -0.481 e. The van der Waals surface area contributed by atoms with E-state index < -0.39 is 23.3 Å². The van der Waals surface area contributed by atoms with Gasteiger partial charge in [-0.25, -0.2) is 0 Å². The number of carbonyl (C=O) groups is 2. The van der Waals surface area contributed by atoms with Crippen LogP contribution in [0.1, 0.15) is 47.0 Å². The Kier molecular flexibility index (Phi) is 5.48. The predicted molar refractivity (Wildman–Crippen MR) is 61.2 cm³/mol. The average molecular weight is 230 g/mol. The van der Waals surface area contributed by atoms with Gasteiger partial charge in [0.1, 0.15) is 0 Å². The van der Waals surface area contributed by atoms with Gasteiger partial charge in [-0.05, 0) is 25.2 Å². The van der Waals surface area contributed by atoms with E-state index >= 15 is 0 Å². The van der Waals surface area contributed by atoms with Crippen LogP contribution in [0.3, 0.4) is 0 Å². The lowest BCUT2D eigenvalue weighted by atomic mass is 9.67. The normalized spacial score (nSPS) is 16.8. The van der Waals surface area contributed by atoms with Gasteiger partial charge in [0.2, 0.25) is 0 Å². The van der Waals surface area contributed by atoms with E-state index in [4.69, 9.17) is 5.11 Å². The molecule has 0 bridgehead atoms. The molecule has 2 atom stereocenters. The molecule has 0 aliphatic rings. The molecule has 0 aliphatic heterocycles. The minimum atomic E-state index is -1.13. The summed E-state index contributed by atoms with van der Waals surface area (Å²) in [7, 11) is 0. The second-order valence-corrected chi connectivity index (χ2v) is 4.71. The van der Waals surface area contributed by atoms with Gasteiger partial charge in [0, 0.05) is 0 Å². The average Bonchev–Trinajstić information content (AvgIpc) is 2.15. The predicted octanol–water partition coefficient (Wildman–Crippen LogP) is 2.62. The Labute approximate surface area is 96.7 Å². The first-order valence-corrected chi connectivity index (χ1v) is 5.78. The van der Waals surface area contributed by atoms with Gasteiger partial charge in [-0.2, -0.15) is 0 Å². The van der Waals surface area contributed by atoms with Gasteiger partial charge in [-0.3, -0.25) is 9.59 Å². The standard InChI is InChI=1S/C12H22O4/c1-5-9(10(13)14)12(6-2,11(15)16)7-8(3)4/h8-9H,5-7H2,1-4H3,(H,13,14)(H,15,16)/t9?,12-/m0/s1. The number of hydrogen-bond donors (Lipinski definition) is 2. The first kappa shape index (κ1) is 14.9. The number of carboxylic acids is 2. The topological polar surface area (TPSA) is 74.6 Å². The molecule has 0 amide bonds. The Hall–Kier alpha value is -1.06. The zero-order valence-electron chi connectivity index (χ0n) is 10.5. The van der Waals surface area contributed by atoms with Crippen LogP contribution in [0.2, 0.25) is 0 Å². The van der Waals surface area contributed by atoms with Crippen LogP contribution in [0.15, 0.2) is 0 Å². The first-order chi connectivity index (χ1) is 7.31. The van der Waals surface area contributed by atoms with Crippen LogP contribution in [-0.4, -0.2) is 22.2 Å². The highest BCUT2D eigenvalue weighted by Crippen LogP contribution is 2.40.